The molecule has 1 aromatic carbocycles. The highest BCUT2D eigenvalue weighted by molar-refractivity contribution is 5.56. The van der Waals surface area contributed by atoms with Crippen molar-refractivity contribution in [2.75, 3.05) is 19.8 Å². The molecule has 0 fully saturated rings. The normalized spacial score (nSPS) is 12.1. The van der Waals surface area contributed by atoms with E-state index >= 15 is 0 Å². The largest absolute Gasteiger partial charge is 0.505 e. The van der Waals surface area contributed by atoms with Gasteiger partial charge in [0.15, 0.2) is 0 Å². The van der Waals surface area contributed by atoms with Crippen LogP contribution in [0.3, 0.4) is 0 Å². The Labute approximate surface area is 108 Å². The summed E-state index contributed by atoms with van der Waals surface area (Å²) in [5, 5.41) is 8.46. The highest BCUT2D eigenvalue weighted by atomic mass is 16.7. The summed E-state index contributed by atoms with van der Waals surface area (Å²) in [5.41, 5.74) is 1.16. The van der Waals surface area contributed by atoms with Crippen molar-refractivity contribution < 1.29 is 19.4 Å². The zero-order valence-corrected chi connectivity index (χ0v) is 10.7. The Kier molecular flexibility index (Phi) is 6.87. The second kappa shape index (κ2) is 8.53. The lowest BCUT2D eigenvalue weighted by atomic mass is 9.97. The molecule has 0 aliphatic rings. The van der Waals surface area contributed by atoms with Gasteiger partial charge in [0.05, 0.1) is 13.2 Å². The zero-order chi connectivity index (χ0) is 13.2. The summed E-state index contributed by atoms with van der Waals surface area (Å²) < 4.78 is 10.1. The summed E-state index contributed by atoms with van der Waals surface area (Å²) in [7, 11) is 0. The highest BCUT2D eigenvalue weighted by Crippen LogP contribution is 2.20. The second-order valence-electron chi connectivity index (χ2n) is 4.09. The van der Waals surface area contributed by atoms with E-state index in [1.165, 1.54) is 0 Å². The average molecular weight is 252 g/mol. The Morgan fingerprint density at radius 3 is 2.61 bits per heavy atom. The van der Waals surface area contributed by atoms with E-state index in [2.05, 4.69) is 11.7 Å². The van der Waals surface area contributed by atoms with Crippen molar-refractivity contribution in [2.24, 2.45) is 0 Å². The van der Waals surface area contributed by atoms with Crippen molar-refractivity contribution in [3.05, 3.63) is 35.9 Å². The Morgan fingerprint density at radius 1 is 1.28 bits per heavy atom. The molecule has 0 heterocycles. The van der Waals surface area contributed by atoms with Crippen molar-refractivity contribution in [2.45, 2.75) is 25.7 Å². The first-order valence-electron chi connectivity index (χ1n) is 6.22. The number of rotatable bonds is 8. The third kappa shape index (κ3) is 5.68. The smallest absolute Gasteiger partial charge is 0.450 e. The average Bonchev–Trinajstić information content (AvgIpc) is 2.38. The Bertz CT molecular complexity index is 337. The quantitative estimate of drug-likeness (QED) is 0.570. The lowest BCUT2D eigenvalue weighted by molar-refractivity contribution is 0.0778. The third-order valence-electron chi connectivity index (χ3n) is 2.63. The molecule has 0 aliphatic carbocycles. The van der Waals surface area contributed by atoms with Crippen LogP contribution in [0.5, 0.6) is 0 Å². The molecule has 100 valence electrons. The molecule has 4 nitrogen and oxygen atoms in total. The van der Waals surface area contributed by atoms with Crippen molar-refractivity contribution in [3.63, 3.8) is 0 Å². The topological polar surface area (TPSA) is 55.8 Å². The molecular formula is C14H20O4. The Morgan fingerprint density at radius 2 is 2.00 bits per heavy atom. The molecule has 1 atom stereocenters. The summed E-state index contributed by atoms with van der Waals surface area (Å²) in [6, 6.07) is 9.96. The molecule has 0 amide bonds. The third-order valence-corrected chi connectivity index (χ3v) is 2.63. The van der Waals surface area contributed by atoms with Gasteiger partial charge >= 0.3 is 6.16 Å². The van der Waals surface area contributed by atoms with Gasteiger partial charge in [-0.15, -0.1) is 0 Å². The van der Waals surface area contributed by atoms with Crippen molar-refractivity contribution in [3.8, 4) is 0 Å². The van der Waals surface area contributed by atoms with Gasteiger partial charge in [-0.3, -0.25) is 0 Å². The zero-order valence-electron chi connectivity index (χ0n) is 10.7. The number of ether oxygens (including phenoxy) is 2. The van der Waals surface area contributed by atoms with Gasteiger partial charge in [0.2, 0.25) is 0 Å². The van der Waals surface area contributed by atoms with Gasteiger partial charge in [0.25, 0.3) is 0 Å². The van der Waals surface area contributed by atoms with E-state index in [0.717, 1.165) is 18.6 Å². The molecule has 1 rings (SSSR count). The van der Waals surface area contributed by atoms with Crippen LogP contribution >= 0.6 is 0 Å². The molecule has 0 saturated heterocycles. The summed E-state index contributed by atoms with van der Waals surface area (Å²) in [6.45, 7) is 3.58. The van der Waals surface area contributed by atoms with E-state index in [-0.39, 0.29) is 12.5 Å². The van der Waals surface area contributed by atoms with Crippen molar-refractivity contribution in [1.82, 2.24) is 0 Å². The van der Waals surface area contributed by atoms with Gasteiger partial charge in [-0.05, 0) is 18.4 Å². The van der Waals surface area contributed by atoms with Gasteiger partial charge in [0, 0.05) is 12.5 Å². The number of hydrogen-bond donors (Lipinski definition) is 1. The van der Waals surface area contributed by atoms with E-state index in [0.29, 0.717) is 13.0 Å². The number of hydrogen-bond acceptors (Lipinski definition) is 3. The Hall–Kier alpha value is -1.55. The summed E-state index contributed by atoms with van der Waals surface area (Å²) in [6.07, 6.45) is 0.393. The second-order valence-corrected chi connectivity index (χ2v) is 4.09. The van der Waals surface area contributed by atoms with E-state index in [4.69, 9.17) is 9.84 Å². The van der Waals surface area contributed by atoms with Gasteiger partial charge in [-0.1, -0.05) is 37.3 Å². The predicted molar refractivity (Wildman–Crippen MR) is 68.9 cm³/mol. The first-order valence-corrected chi connectivity index (χ1v) is 6.22. The standard InChI is InChI=1S/C14H20O4/c1-2-9-17-11-13(8-10-18-14(15)16)12-6-4-3-5-7-12/h3-7,13H,2,8-11H2,1H3,(H,15,16). The number of carboxylic acid groups (broad SMARTS) is 1. The predicted octanol–water partition coefficient (Wildman–Crippen LogP) is 3.28. The van der Waals surface area contributed by atoms with E-state index < -0.39 is 6.16 Å². The molecule has 0 aromatic heterocycles. The van der Waals surface area contributed by atoms with Crippen LogP contribution in [0.2, 0.25) is 0 Å². The van der Waals surface area contributed by atoms with Gasteiger partial charge in [-0.2, -0.15) is 0 Å². The van der Waals surface area contributed by atoms with Crippen LogP contribution in [0.4, 0.5) is 4.79 Å². The first-order chi connectivity index (χ1) is 8.74. The monoisotopic (exact) mass is 252 g/mol. The summed E-state index contributed by atoms with van der Waals surface area (Å²) >= 11 is 0. The molecule has 0 spiro atoms. The number of carbonyl (C=O) groups is 1. The molecule has 1 aromatic rings. The van der Waals surface area contributed by atoms with Crippen LogP contribution in [-0.4, -0.2) is 31.1 Å². The minimum absolute atomic E-state index is 0.178. The fraction of sp³-hybridized carbons (Fsp3) is 0.500. The molecule has 0 radical (unpaired) electrons. The SMILES string of the molecule is CCCOCC(CCOC(=O)O)c1ccccc1. The lowest BCUT2D eigenvalue weighted by Gasteiger charge is -2.17. The minimum Gasteiger partial charge on any atom is -0.450 e. The molecule has 1 N–H and O–H groups in total. The molecule has 1 unspecified atom stereocenters. The van der Waals surface area contributed by atoms with E-state index in [1.54, 1.807) is 0 Å². The lowest BCUT2D eigenvalue weighted by Crippen LogP contribution is -2.13. The van der Waals surface area contributed by atoms with Crippen molar-refractivity contribution >= 4 is 6.16 Å². The maximum Gasteiger partial charge on any atom is 0.505 e. The van der Waals surface area contributed by atoms with Gasteiger partial charge in [-0.25, -0.2) is 4.79 Å². The fourth-order valence-electron chi connectivity index (χ4n) is 1.73. The summed E-state index contributed by atoms with van der Waals surface area (Å²) in [4.78, 5) is 10.3. The Balaban J connectivity index is 2.49. The van der Waals surface area contributed by atoms with Crippen LogP contribution in [0.1, 0.15) is 31.2 Å². The molecule has 4 heteroatoms. The fourth-order valence-corrected chi connectivity index (χ4v) is 1.73. The van der Waals surface area contributed by atoms with Crippen LogP contribution in [0.25, 0.3) is 0 Å². The van der Waals surface area contributed by atoms with Gasteiger partial charge in [0.1, 0.15) is 0 Å². The highest BCUT2D eigenvalue weighted by Gasteiger charge is 2.12. The molecule has 18 heavy (non-hydrogen) atoms. The van der Waals surface area contributed by atoms with E-state index in [1.807, 2.05) is 30.3 Å². The first kappa shape index (κ1) is 14.5. The molecular weight excluding hydrogens is 232 g/mol. The maximum atomic E-state index is 10.3. The van der Waals surface area contributed by atoms with Gasteiger partial charge < -0.3 is 14.6 Å². The van der Waals surface area contributed by atoms with Crippen molar-refractivity contribution in [1.29, 1.82) is 0 Å². The minimum atomic E-state index is -1.23. The van der Waals surface area contributed by atoms with Crippen LogP contribution < -0.4 is 0 Å². The van der Waals surface area contributed by atoms with Crippen LogP contribution in [0, 0.1) is 0 Å². The molecule has 0 saturated carbocycles. The van der Waals surface area contributed by atoms with Crippen LogP contribution in [0.15, 0.2) is 30.3 Å². The van der Waals surface area contributed by atoms with E-state index in [9.17, 15) is 4.79 Å². The molecule has 0 aliphatic heterocycles. The number of benzene rings is 1. The maximum absolute atomic E-state index is 10.3. The van der Waals surface area contributed by atoms with Crippen LogP contribution in [-0.2, 0) is 9.47 Å². The summed E-state index contributed by atoms with van der Waals surface area (Å²) in [5.74, 6) is 0.178. The molecule has 0 bridgehead atoms.